The zero-order valence-corrected chi connectivity index (χ0v) is 14.7. The zero-order chi connectivity index (χ0) is 19.7. The maximum absolute atomic E-state index is 13.7. The molecule has 11 heteroatoms. The summed E-state index contributed by atoms with van der Waals surface area (Å²) < 4.78 is 41.2. The summed E-state index contributed by atoms with van der Waals surface area (Å²) in [4.78, 5) is 19.4. The van der Waals surface area contributed by atoms with Gasteiger partial charge in [0.25, 0.3) is 5.60 Å². The normalized spacial score (nSPS) is 21.4. The fraction of sp³-hybridized carbons (Fsp3) is 0.267. The van der Waals surface area contributed by atoms with E-state index >= 15 is 0 Å². The van der Waals surface area contributed by atoms with Crippen LogP contribution in [0.4, 0.5) is 13.2 Å². The molecule has 140 valence electrons. The Bertz CT molecular complexity index is 813. The molecule has 1 atom stereocenters. The van der Waals surface area contributed by atoms with Gasteiger partial charge in [0, 0.05) is 27.5 Å². The topological polar surface area (TPSA) is 97.3 Å². The minimum Gasteiger partial charge on any atom is -0.478 e. The number of rotatable bonds is 3. The summed E-state index contributed by atoms with van der Waals surface area (Å²) in [5.74, 6) is -1.74. The number of hydrogen-bond donors (Lipinski definition) is 2. The second-order valence-electron chi connectivity index (χ2n) is 5.42. The number of aliphatic imine (C=N–C) groups is 1. The van der Waals surface area contributed by atoms with Crippen LogP contribution in [0, 0.1) is 0 Å². The van der Waals surface area contributed by atoms with E-state index in [9.17, 15) is 18.0 Å². The highest BCUT2D eigenvalue weighted by Gasteiger charge is 2.62. The monoisotopic (exact) mass is 409 g/mol. The van der Waals surface area contributed by atoms with Crippen LogP contribution in [0.5, 0.6) is 0 Å². The lowest BCUT2D eigenvalue weighted by Crippen LogP contribution is -2.42. The number of alkyl halides is 3. The van der Waals surface area contributed by atoms with E-state index in [0.29, 0.717) is 0 Å². The summed E-state index contributed by atoms with van der Waals surface area (Å²) in [6, 6.07) is 3.41. The van der Waals surface area contributed by atoms with Gasteiger partial charge in [0.1, 0.15) is 0 Å². The van der Waals surface area contributed by atoms with Crippen molar-refractivity contribution in [3.05, 3.63) is 45.1 Å². The number of oxime groups is 1. The molecule has 1 aromatic carbocycles. The molecule has 0 saturated heterocycles. The standard InChI is InChI=1S/C15H12Cl2F3N3O3/c1-7(21)11(13(24)25)6-22-12-5-14(26-23-12,15(18,19)20)8-2-9(16)4-10(17)3-8/h2-4,6H,5,21H2,1H3,(H,24,25). The van der Waals surface area contributed by atoms with E-state index in [4.69, 9.17) is 38.9 Å². The van der Waals surface area contributed by atoms with Crippen LogP contribution in [0.2, 0.25) is 10.0 Å². The van der Waals surface area contributed by atoms with E-state index < -0.39 is 24.2 Å². The van der Waals surface area contributed by atoms with Crippen molar-refractivity contribution in [2.24, 2.45) is 15.9 Å². The van der Waals surface area contributed by atoms with Gasteiger partial charge in [-0.05, 0) is 25.1 Å². The fourth-order valence-corrected chi connectivity index (χ4v) is 2.74. The molecule has 1 aliphatic heterocycles. The first-order valence-corrected chi connectivity index (χ1v) is 7.74. The van der Waals surface area contributed by atoms with Crippen molar-refractivity contribution in [2.75, 3.05) is 0 Å². The summed E-state index contributed by atoms with van der Waals surface area (Å²) in [5.41, 5.74) is 1.78. The Morgan fingerprint density at radius 3 is 2.42 bits per heavy atom. The highest BCUT2D eigenvalue weighted by atomic mass is 35.5. The predicted octanol–water partition coefficient (Wildman–Crippen LogP) is 3.87. The Labute approximate surface area is 155 Å². The molecular weight excluding hydrogens is 398 g/mol. The number of aliphatic carboxylic acids is 1. The molecular formula is C15H12Cl2F3N3O3. The molecule has 3 N–H and O–H groups in total. The van der Waals surface area contributed by atoms with Crippen LogP contribution in [0.25, 0.3) is 0 Å². The molecule has 6 nitrogen and oxygen atoms in total. The first kappa shape index (κ1) is 20.1. The van der Waals surface area contributed by atoms with Gasteiger partial charge in [-0.2, -0.15) is 13.2 Å². The summed E-state index contributed by atoms with van der Waals surface area (Å²) in [7, 11) is 0. The first-order chi connectivity index (χ1) is 12.0. The van der Waals surface area contributed by atoms with Crippen molar-refractivity contribution in [1.82, 2.24) is 0 Å². The highest BCUT2D eigenvalue weighted by molar-refractivity contribution is 6.34. The van der Waals surface area contributed by atoms with Crippen LogP contribution in [0.1, 0.15) is 18.9 Å². The lowest BCUT2D eigenvalue weighted by atomic mass is 9.89. The van der Waals surface area contributed by atoms with Gasteiger partial charge in [-0.3, -0.25) is 0 Å². The molecule has 1 unspecified atom stereocenters. The van der Waals surface area contributed by atoms with Gasteiger partial charge in [0.15, 0.2) is 5.84 Å². The molecule has 0 radical (unpaired) electrons. The summed E-state index contributed by atoms with van der Waals surface area (Å²) in [6.45, 7) is 1.32. The average molecular weight is 410 g/mol. The number of nitrogens with zero attached hydrogens (tertiary/aromatic N) is 2. The SMILES string of the molecule is CC(N)=C(C=NC1=NOC(c2cc(Cl)cc(Cl)c2)(C(F)(F)F)C1)C(=O)O. The predicted molar refractivity (Wildman–Crippen MR) is 90.3 cm³/mol. The molecule has 0 aromatic heterocycles. The highest BCUT2D eigenvalue weighted by Crippen LogP contribution is 2.49. The van der Waals surface area contributed by atoms with E-state index in [-0.39, 0.29) is 32.7 Å². The van der Waals surface area contributed by atoms with Crippen molar-refractivity contribution in [2.45, 2.75) is 25.1 Å². The molecule has 26 heavy (non-hydrogen) atoms. The average Bonchev–Trinajstić information content (AvgIpc) is 2.91. The van der Waals surface area contributed by atoms with Crippen molar-refractivity contribution in [3.63, 3.8) is 0 Å². The van der Waals surface area contributed by atoms with Gasteiger partial charge in [-0.15, -0.1) is 0 Å². The Kier molecular flexibility index (Phi) is 5.52. The van der Waals surface area contributed by atoms with Gasteiger partial charge in [-0.1, -0.05) is 28.4 Å². The molecule has 0 spiro atoms. The van der Waals surface area contributed by atoms with E-state index in [1.165, 1.54) is 13.0 Å². The molecule has 2 rings (SSSR count). The third-order valence-electron chi connectivity index (χ3n) is 3.50. The fourth-order valence-electron chi connectivity index (χ4n) is 2.21. The van der Waals surface area contributed by atoms with Crippen LogP contribution >= 0.6 is 23.2 Å². The van der Waals surface area contributed by atoms with Crippen LogP contribution in [-0.2, 0) is 15.2 Å². The minimum absolute atomic E-state index is 0.00784. The van der Waals surface area contributed by atoms with Crippen molar-refractivity contribution < 1.29 is 27.9 Å². The second kappa shape index (κ2) is 7.16. The van der Waals surface area contributed by atoms with Gasteiger partial charge >= 0.3 is 12.1 Å². The molecule has 1 aliphatic rings. The number of halogens is 5. The van der Waals surface area contributed by atoms with E-state index in [2.05, 4.69) is 10.1 Å². The quantitative estimate of drug-likeness (QED) is 0.584. The Morgan fingerprint density at radius 2 is 1.96 bits per heavy atom. The van der Waals surface area contributed by atoms with E-state index in [0.717, 1.165) is 18.3 Å². The lowest BCUT2D eigenvalue weighted by molar-refractivity contribution is -0.275. The molecule has 0 aliphatic carbocycles. The summed E-state index contributed by atoms with van der Waals surface area (Å²) in [5, 5.41) is 12.3. The zero-order valence-electron chi connectivity index (χ0n) is 13.1. The van der Waals surface area contributed by atoms with E-state index in [1.54, 1.807) is 0 Å². The Hall–Kier alpha value is -2.26. The number of amidine groups is 1. The van der Waals surface area contributed by atoms with Crippen LogP contribution in [0.15, 0.2) is 39.6 Å². The van der Waals surface area contributed by atoms with Gasteiger partial charge in [0.2, 0.25) is 0 Å². The number of carboxylic acid groups (broad SMARTS) is 1. The van der Waals surface area contributed by atoms with Crippen LogP contribution in [-0.4, -0.2) is 29.3 Å². The molecule has 0 saturated carbocycles. The third kappa shape index (κ3) is 3.94. The van der Waals surface area contributed by atoms with Crippen molar-refractivity contribution >= 4 is 41.2 Å². The Morgan fingerprint density at radius 1 is 1.38 bits per heavy atom. The molecule has 0 fully saturated rings. The number of allylic oxidation sites excluding steroid dienone is 1. The van der Waals surface area contributed by atoms with Gasteiger partial charge < -0.3 is 15.7 Å². The maximum Gasteiger partial charge on any atom is 0.435 e. The summed E-state index contributed by atoms with van der Waals surface area (Å²) >= 11 is 11.6. The number of hydrogen-bond acceptors (Lipinski definition) is 5. The van der Waals surface area contributed by atoms with Crippen molar-refractivity contribution in [1.29, 1.82) is 0 Å². The van der Waals surface area contributed by atoms with Gasteiger partial charge in [0.05, 0.1) is 12.0 Å². The van der Waals surface area contributed by atoms with E-state index in [1.807, 2.05) is 0 Å². The largest absolute Gasteiger partial charge is 0.478 e. The maximum atomic E-state index is 13.7. The molecule has 1 aromatic rings. The lowest BCUT2D eigenvalue weighted by Gasteiger charge is -2.29. The number of carbonyl (C=O) groups is 1. The van der Waals surface area contributed by atoms with Crippen LogP contribution < -0.4 is 5.73 Å². The molecule has 0 amide bonds. The second-order valence-corrected chi connectivity index (χ2v) is 6.29. The summed E-state index contributed by atoms with van der Waals surface area (Å²) in [6.07, 6.45) is -4.84. The minimum atomic E-state index is -4.86. The smallest absolute Gasteiger partial charge is 0.435 e. The molecule has 0 bridgehead atoms. The van der Waals surface area contributed by atoms with Crippen molar-refractivity contribution in [3.8, 4) is 0 Å². The number of nitrogens with two attached hydrogens (primary N) is 1. The third-order valence-corrected chi connectivity index (χ3v) is 3.94. The number of carboxylic acids is 1. The molecule has 1 heterocycles. The number of benzene rings is 1. The Balaban J connectivity index is 2.40. The first-order valence-electron chi connectivity index (χ1n) is 6.98. The van der Waals surface area contributed by atoms with Crippen LogP contribution in [0.3, 0.4) is 0 Å². The van der Waals surface area contributed by atoms with Gasteiger partial charge in [-0.25, -0.2) is 9.79 Å².